The molecule has 2 radical (unpaired) electrons. The van der Waals surface area contributed by atoms with Crippen LogP contribution in [0.3, 0.4) is 0 Å². The second kappa shape index (κ2) is 6.32. The van der Waals surface area contributed by atoms with Gasteiger partial charge in [-0.3, -0.25) is 9.05 Å². The molecular weight excluding hydrogens is 246 g/mol. The van der Waals surface area contributed by atoms with E-state index in [-0.39, 0.29) is 18.8 Å². The lowest BCUT2D eigenvalue weighted by Crippen LogP contribution is -2.31. The van der Waals surface area contributed by atoms with E-state index in [1.807, 2.05) is 13.8 Å². The van der Waals surface area contributed by atoms with E-state index in [4.69, 9.17) is 26.7 Å². The van der Waals surface area contributed by atoms with Crippen LogP contribution in [0, 0.1) is 0 Å². The van der Waals surface area contributed by atoms with Crippen LogP contribution in [0.25, 0.3) is 0 Å². The van der Waals surface area contributed by atoms with E-state index in [0.717, 1.165) is 7.11 Å². The van der Waals surface area contributed by atoms with E-state index in [0.29, 0.717) is 6.42 Å². The number of rotatable bonds is 6. The second-order valence-corrected chi connectivity index (χ2v) is 5.68. The minimum absolute atomic E-state index is 0.0276. The Morgan fingerprint density at radius 1 is 1.59 bits per heavy atom. The molecule has 0 aromatic heterocycles. The zero-order valence-corrected chi connectivity index (χ0v) is 11.1. The largest absolute Gasteiger partial charge is 0.472 e. The Balaban J connectivity index is 2.47. The zero-order chi connectivity index (χ0) is 13.1. The fourth-order valence-corrected chi connectivity index (χ4v) is 2.05. The number of ether oxygens (including phenoxy) is 2. The Labute approximate surface area is 103 Å². The van der Waals surface area contributed by atoms with Gasteiger partial charge in [0.05, 0.1) is 18.8 Å². The predicted octanol–water partition coefficient (Wildman–Crippen LogP) is 0.827. The lowest BCUT2D eigenvalue weighted by atomic mass is 9.96. The van der Waals surface area contributed by atoms with E-state index in [1.54, 1.807) is 0 Å². The third-order valence-electron chi connectivity index (χ3n) is 2.31. The molecular formula is C9H18BO6P. The van der Waals surface area contributed by atoms with E-state index in [1.165, 1.54) is 0 Å². The molecule has 0 bridgehead atoms. The monoisotopic (exact) mass is 264 g/mol. The summed E-state index contributed by atoms with van der Waals surface area (Å²) in [6, 6.07) is -0.437. The highest BCUT2D eigenvalue weighted by molar-refractivity contribution is 7.47. The summed E-state index contributed by atoms with van der Waals surface area (Å²) in [7, 11) is 2.76. The van der Waals surface area contributed by atoms with Gasteiger partial charge in [0, 0.05) is 13.1 Å². The van der Waals surface area contributed by atoms with Crippen LogP contribution >= 0.6 is 7.82 Å². The van der Waals surface area contributed by atoms with Gasteiger partial charge >= 0.3 is 7.82 Å². The molecule has 6 nitrogen and oxygen atoms in total. The summed E-state index contributed by atoms with van der Waals surface area (Å²) in [5.74, 6) is 0. The zero-order valence-electron chi connectivity index (χ0n) is 10.2. The smallest absolute Gasteiger partial charge is 0.380 e. The topological polar surface area (TPSA) is 74.2 Å². The van der Waals surface area contributed by atoms with Gasteiger partial charge in [-0.15, -0.1) is 0 Å². The predicted molar refractivity (Wildman–Crippen MR) is 61.8 cm³/mol. The summed E-state index contributed by atoms with van der Waals surface area (Å²) in [5.41, 5.74) is 0. The van der Waals surface area contributed by atoms with Crippen molar-refractivity contribution >= 4 is 15.7 Å². The molecule has 1 unspecified atom stereocenters. The van der Waals surface area contributed by atoms with Gasteiger partial charge in [-0.25, -0.2) is 4.57 Å². The van der Waals surface area contributed by atoms with E-state index >= 15 is 0 Å². The molecule has 1 N–H and O–H groups in total. The summed E-state index contributed by atoms with van der Waals surface area (Å²) in [6.45, 7) is 3.70. The highest BCUT2D eigenvalue weighted by atomic mass is 31.2. The van der Waals surface area contributed by atoms with Crippen LogP contribution < -0.4 is 0 Å². The van der Waals surface area contributed by atoms with E-state index in [9.17, 15) is 4.57 Å². The van der Waals surface area contributed by atoms with Crippen molar-refractivity contribution in [3.63, 3.8) is 0 Å². The molecule has 0 aromatic carbocycles. The summed E-state index contributed by atoms with van der Waals surface area (Å²) >= 11 is 0. The molecule has 98 valence electrons. The van der Waals surface area contributed by atoms with Gasteiger partial charge in [0.25, 0.3) is 0 Å². The van der Waals surface area contributed by atoms with Crippen LogP contribution in [0.15, 0.2) is 0 Å². The first-order valence-corrected chi connectivity index (χ1v) is 6.93. The fraction of sp³-hybridized carbons (Fsp3) is 1.00. The molecule has 0 spiro atoms. The van der Waals surface area contributed by atoms with Crippen molar-refractivity contribution in [1.29, 1.82) is 0 Å². The number of phosphoric ester groups is 1. The molecule has 8 heteroatoms. The van der Waals surface area contributed by atoms with Crippen molar-refractivity contribution in [3.8, 4) is 0 Å². The average molecular weight is 264 g/mol. The maximum atomic E-state index is 11.1. The van der Waals surface area contributed by atoms with Crippen LogP contribution in [-0.4, -0.2) is 50.8 Å². The Kier molecular flexibility index (Phi) is 5.63. The van der Waals surface area contributed by atoms with Crippen molar-refractivity contribution in [2.75, 3.05) is 13.7 Å². The van der Waals surface area contributed by atoms with Crippen molar-refractivity contribution < 1.29 is 28.0 Å². The minimum atomic E-state index is -3.98. The molecule has 1 heterocycles. The van der Waals surface area contributed by atoms with E-state index in [2.05, 4.69) is 4.52 Å². The molecule has 0 amide bonds. The average Bonchev–Trinajstić information content (AvgIpc) is 2.55. The van der Waals surface area contributed by atoms with Crippen LogP contribution in [-0.2, 0) is 23.1 Å². The summed E-state index contributed by atoms with van der Waals surface area (Å²) in [6.07, 6.45) is -0.126. The molecule has 1 saturated heterocycles. The number of phosphoric acid groups is 1. The van der Waals surface area contributed by atoms with Gasteiger partial charge in [-0.05, 0) is 20.3 Å². The third-order valence-corrected chi connectivity index (χ3v) is 3.25. The molecule has 0 saturated carbocycles. The molecule has 1 rings (SSSR count). The molecule has 4 atom stereocenters. The minimum Gasteiger partial charge on any atom is -0.380 e. The first kappa shape index (κ1) is 15.2. The van der Waals surface area contributed by atoms with Gasteiger partial charge in [0.1, 0.15) is 14.0 Å². The van der Waals surface area contributed by atoms with Crippen LogP contribution in [0.5, 0.6) is 0 Å². The Bertz CT molecular complexity index is 287. The lowest BCUT2D eigenvalue weighted by Gasteiger charge is -2.21. The molecule has 1 fully saturated rings. The van der Waals surface area contributed by atoms with Gasteiger partial charge < -0.3 is 14.4 Å². The molecule has 0 aliphatic carbocycles. The number of hydrogen-bond donors (Lipinski definition) is 1. The highest BCUT2D eigenvalue weighted by Crippen LogP contribution is 2.42. The first-order chi connectivity index (χ1) is 7.84. The van der Waals surface area contributed by atoms with E-state index < -0.39 is 19.9 Å². The molecule has 1 aliphatic rings. The normalized spacial score (nSPS) is 32.9. The summed E-state index contributed by atoms with van der Waals surface area (Å²) < 4.78 is 31.1. The Morgan fingerprint density at radius 2 is 2.24 bits per heavy atom. The van der Waals surface area contributed by atoms with Crippen molar-refractivity contribution in [2.24, 2.45) is 0 Å². The Morgan fingerprint density at radius 3 is 2.76 bits per heavy atom. The maximum Gasteiger partial charge on any atom is 0.472 e. The van der Waals surface area contributed by atoms with Gasteiger partial charge in [-0.2, -0.15) is 0 Å². The SMILES string of the molecule is [B][C@H]1C[C@@H](OC(C)C)[C@@H](COP(=O)(O)OC)O1. The third kappa shape index (κ3) is 5.08. The highest BCUT2D eigenvalue weighted by Gasteiger charge is 2.36. The number of hydrogen-bond acceptors (Lipinski definition) is 5. The van der Waals surface area contributed by atoms with Crippen molar-refractivity contribution in [1.82, 2.24) is 0 Å². The molecule has 1 aliphatic heterocycles. The molecule has 0 aromatic rings. The standard InChI is InChI=1S/C9H18BO6P/c1-6(2)15-7-4-9(10)16-8(7)5-14-17(11,12)13-3/h6-9H,4-5H2,1-3H3,(H,11,12)/t7-,8-,9-/m1/s1. The fourth-order valence-electron chi connectivity index (χ4n) is 1.61. The van der Waals surface area contributed by atoms with Gasteiger partial charge in [-0.1, -0.05) is 0 Å². The van der Waals surface area contributed by atoms with Crippen LogP contribution in [0.1, 0.15) is 20.3 Å². The molecule has 17 heavy (non-hydrogen) atoms. The van der Waals surface area contributed by atoms with Crippen molar-refractivity contribution in [3.05, 3.63) is 0 Å². The van der Waals surface area contributed by atoms with Crippen LogP contribution in [0.2, 0.25) is 0 Å². The summed E-state index contributed by atoms with van der Waals surface area (Å²) in [5, 5.41) is 0. The second-order valence-electron chi connectivity index (χ2n) is 4.12. The van der Waals surface area contributed by atoms with Crippen LogP contribution in [0.4, 0.5) is 0 Å². The lowest BCUT2D eigenvalue weighted by molar-refractivity contribution is -0.0577. The first-order valence-electron chi connectivity index (χ1n) is 5.43. The summed E-state index contributed by atoms with van der Waals surface area (Å²) in [4.78, 5) is 9.10. The van der Waals surface area contributed by atoms with Crippen molar-refractivity contribution in [2.45, 2.75) is 44.6 Å². The quantitative estimate of drug-likeness (QED) is 0.565. The maximum absolute atomic E-state index is 11.1. The van der Waals surface area contributed by atoms with Gasteiger partial charge in [0.2, 0.25) is 0 Å². The van der Waals surface area contributed by atoms with Gasteiger partial charge in [0.15, 0.2) is 0 Å². The Hall–Kier alpha value is 0.0949.